The average Bonchev–Trinajstić information content (AvgIpc) is 2.36. The zero-order chi connectivity index (χ0) is 14.3. The summed E-state index contributed by atoms with van der Waals surface area (Å²) in [5, 5.41) is 2.77. The van der Waals surface area contributed by atoms with Crippen LogP contribution in [0.5, 0.6) is 5.75 Å². The van der Waals surface area contributed by atoms with E-state index in [9.17, 15) is 4.79 Å². The monoisotopic (exact) mass is 265 g/mol. The molecule has 0 aliphatic rings. The van der Waals surface area contributed by atoms with Gasteiger partial charge in [0.2, 0.25) is 5.91 Å². The fourth-order valence-corrected chi connectivity index (χ4v) is 1.69. The fraction of sp³-hybridized carbons (Fsp3) is 0.500. The Morgan fingerprint density at radius 3 is 2.74 bits per heavy atom. The Balaban J connectivity index is 2.75. The van der Waals surface area contributed by atoms with Crippen LogP contribution in [0.1, 0.15) is 20.3 Å². The molecule has 0 spiro atoms. The molecule has 1 aromatic carbocycles. The van der Waals surface area contributed by atoms with Gasteiger partial charge >= 0.3 is 0 Å². The zero-order valence-corrected chi connectivity index (χ0v) is 11.9. The molecule has 3 N–H and O–H groups in total. The molecule has 0 saturated heterocycles. The van der Waals surface area contributed by atoms with Gasteiger partial charge < -0.3 is 20.7 Å². The summed E-state index contributed by atoms with van der Waals surface area (Å²) in [6, 6.07) is 5.52. The Morgan fingerprint density at radius 2 is 2.11 bits per heavy atom. The SMILES string of the molecule is CCCOc1cc(N)cc(N(C)CC(=O)NCC)c1. The Hall–Kier alpha value is -1.91. The highest BCUT2D eigenvalue weighted by atomic mass is 16.5. The van der Waals surface area contributed by atoms with Gasteiger partial charge in [0.1, 0.15) is 5.75 Å². The van der Waals surface area contributed by atoms with E-state index in [2.05, 4.69) is 12.2 Å². The lowest BCUT2D eigenvalue weighted by molar-refractivity contribution is -0.119. The van der Waals surface area contributed by atoms with Crippen LogP contribution in [0.25, 0.3) is 0 Å². The molecule has 5 heteroatoms. The van der Waals surface area contributed by atoms with Crippen LogP contribution >= 0.6 is 0 Å². The van der Waals surface area contributed by atoms with Crippen molar-refractivity contribution in [1.29, 1.82) is 0 Å². The molecule has 1 amide bonds. The van der Waals surface area contributed by atoms with E-state index in [1.807, 2.05) is 31.0 Å². The predicted molar refractivity (Wildman–Crippen MR) is 78.6 cm³/mol. The summed E-state index contributed by atoms with van der Waals surface area (Å²) in [6.45, 7) is 5.53. The summed E-state index contributed by atoms with van der Waals surface area (Å²) in [6.07, 6.45) is 0.943. The lowest BCUT2D eigenvalue weighted by Crippen LogP contribution is -2.34. The number of hydrogen-bond donors (Lipinski definition) is 2. The van der Waals surface area contributed by atoms with E-state index < -0.39 is 0 Å². The van der Waals surface area contributed by atoms with Gasteiger partial charge in [-0.05, 0) is 19.4 Å². The third kappa shape index (κ3) is 5.07. The van der Waals surface area contributed by atoms with Crippen LogP contribution in [-0.4, -0.2) is 32.7 Å². The van der Waals surface area contributed by atoms with Crippen molar-refractivity contribution in [2.75, 3.05) is 37.4 Å². The van der Waals surface area contributed by atoms with Crippen molar-refractivity contribution in [2.24, 2.45) is 0 Å². The van der Waals surface area contributed by atoms with E-state index in [-0.39, 0.29) is 5.91 Å². The predicted octanol–water partition coefficient (Wildman–Crippen LogP) is 1.63. The van der Waals surface area contributed by atoms with Crippen molar-refractivity contribution in [3.8, 4) is 5.75 Å². The smallest absolute Gasteiger partial charge is 0.239 e. The highest BCUT2D eigenvalue weighted by Gasteiger charge is 2.08. The van der Waals surface area contributed by atoms with Crippen LogP contribution < -0.4 is 20.7 Å². The summed E-state index contributed by atoms with van der Waals surface area (Å²) in [5.41, 5.74) is 7.35. The minimum absolute atomic E-state index is 0.0107. The maximum atomic E-state index is 11.6. The van der Waals surface area contributed by atoms with Gasteiger partial charge in [0.15, 0.2) is 0 Å². The number of nitrogen functional groups attached to an aromatic ring is 1. The van der Waals surface area contributed by atoms with E-state index in [0.717, 1.165) is 17.9 Å². The minimum atomic E-state index is -0.0107. The van der Waals surface area contributed by atoms with Crippen molar-refractivity contribution in [2.45, 2.75) is 20.3 Å². The van der Waals surface area contributed by atoms with Crippen LogP contribution in [0.3, 0.4) is 0 Å². The van der Waals surface area contributed by atoms with Crippen LogP contribution in [0.2, 0.25) is 0 Å². The van der Waals surface area contributed by atoms with Crippen molar-refractivity contribution >= 4 is 17.3 Å². The first kappa shape index (κ1) is 15.1. The van der Waals surface area contributed by atoms with Gasteiger partial charge in [-0.1, -0.05) is 6.92 Å². The second-order valence-electron chi connectivity index (χ2n) is 4.42. The molecule has 1 aromatic rings. The molecule has 0 saturated carbocycles. The van der Waals surface area contributed by atoms with Gasteiger partial charge in [0.05, 0.1) is 13.2 Å². The number of likely N-dealkylation sites (N-methyl/N-ethyl adjacent to an activating group) is 2. The molecule has 0 aliphatic carbocycles. The summed E-state index contributed by atoms with van der Waals surface area (Å²) in [7, 11) is 1.85. The second kappa shape index (κ2) is 7.51. The third-order valence-corrected chi connectivity index (χ3v) is 2.58. The van der Waals surface area contributed by atoms with Gasteiger partial charge in [-0.2, -0.15) is 0 Å². The molecule has 0 heterocycles. The molecular weight excluding hydrogens is 242 g/mol. The number of carbonyl (C=O) groups excluding carboxylic acids is 1. The second-order valence-corrected chi connectivity index (χ2v) is 4.42. The van der Waals surface area contributed by atoms with Gasteiger partial charge in [0.25, 0.3) is 0 Å². The lowest BCUT2D eigenvalue weighted by Gasteiger charge is -2.20. The molecule has 0 radical (unpaired) electrons. The van der Waals surface area contributed by atoms with Crippen molar-refractivity contribution in [3.63, 3.8) is 0 Å². The van der Waals surface area contributed by atoms with Crippen LogP contribution in [0, 0.1) is 0 Å². The lowest BCUT2D eigenvalue weighted by atomic mass is 10.2. The number of amides is 1. The number of hydrogen-bond acceptors (Lipinski definition) is 4. The number of ether oxygens (including phenoxy) is 1. The number of benzene rings is 1. The van der Waals surface area contributed by atoms with Crippen molar-refractivity contribution in [1.82, 2.24) is 5.32 Å². The number of carbonyl (C=O) groups is 1. The zero-order valence-electron chi connectivity index (χ0n) is 11.9. The largest absolute Gasteiger partial charge is 0.493 e. The Kier molecular flexibility index (Phi) is 5.99. The van der Waals surface area contributed by atoms with Gasteiger partial charge in [-0.15, -0.1) is 0 Å². The molecule has 0 bridgehead atoms. The standard InChI is InChI=1S/C14H23N3O2/c1-4-6-19-13-8-11(15)7-12(9-13)17(3)10-14(18)16-5-2/h7-9H,4-6,10,15H2,1-3H3,(H,16,18). The van der Waals surface area contributed by atoms with Crippen LogP contribution in [0.15, 0.2) is 18.2 Å². The summed E-state index contributed by atoms with van der Waals surface area (Å²) in [5.74, 6) is 0.725. The topological polar surface area (TPSA) is 67.6 Å². The highest BCUT2D eigenvalue weighted by Crippen LogP contribution is 2.24. The maximum Gasteiger partial charge on any atom is 0.239 e. The van der Waals surface area contributed by atoms with E-state index in [0.29, 0.717) is 25.4 Å². The molecule has 0 fully saturated rings. The van der Waals surface area contributed by atoms with Gasteiger partial charge in [-0.3, -0.25) is 4.79 Å². The molecule has 0 aliphatic heterocycles. The fourth-order valence-electron chi connectivity index (χ4n) is 1.69. The molecular formula is C14H23N3O2. The number of nitrogens with one attached hydrogen (secondary N) is 1. The number of rotatable bonds is 7. The maximum absolute atomic E-state index is 11.6. The molecule has 0 atom stereocenters. The summed E-state index contributed by atoms with van der Waals surface area (Å²) in [4.78, 5) is 13.4. The number of nitrogens with zero attached hydrogens (tertiary/aromatic N) is 1. The van der Waals surface area contributed by atoms with Gasteiger partial charge in [0, 0.05) is 37.1 Å². The van der Waals surface area contributed by atoms with E-state index >= 15 is 0 Å². The molecule has 0 unspecified atom stereocenters. The Morgan fingerprint density at radius 1 is 1.37 bits per heavy atom. The normalized spacial score (nSPS) is 10.1. The summed E-state index contributed by atoms with van der Waals surface area (Å²) < 4.78 is 5.57. The highest BCUT2D eigenvalue weighted by molar-refractivity contribution is 5.81. The Labute approximate surface area is 114 Å². The van der Waals surface area contributed by atoms with Crippen LogP contribution in [0.4, 0.5) is 11.4 Å². The quantitative estimate of drug-likeness (QED) is 0.735. The van der Waals surface area contributed by atoms with Crippen LogP contribution in [-0.2, 0) is 4.79 Å². The van der Waals surface area contributed by atoms with Crippen molar-refractivity contribution < 1.29 is 9.53 Å². The average molecular weight is 265 g/mol. The molecule has 0 aromatic heterocycles. The van der Waals surface area contributed by atoms with E-state index in [1.54, 1.807) is 6.07 Å². The van der Waals surface area contributed by atoms with E-state index in [4.69, 9.17) is 10.5 Å². The van der Waals surface area contributed by atoms with Gasteiger partial charge in [-0.25, -0.2) is 0 Å². The van der Waals surface area contributed by atoms with Crippen molar-refractivity contribution in [3.05, 3.63) is 18.2 Å². The number of nitrogens with two attached hydrogens (primary N) is 1. The summed E-state index contributed by atoms with van der Waals surface area (Å²) >= 11 is 0. The first-order chi connectivity index (χ1) is 9.06. The number of anilines is 2. The molecule has 106 valence electrons. The van der Waals surface area contributed by atoms with E-state index in [1.165, 1.54) is 0 Å². The molecule has 19 heavy (non-hydrogen) atoms. The third-order valence-electron chi connectivity index (χ3n) is 2.58. The first-order valence-corrected chi connectivity index (χ1v) is 6.58. The first-order valence-electron chi connectivity index (χ1n) is 6.58. The minimum Gasteiger partial charge on any atom is -0.493 e. The molecule has 1 rings (SSSR count). The Bertz CT molecular complexity index is 421. The molecule has 5 nitrogen and oxygen atoms in total.